The smallest absolute Gasteiger partial charge is 0.305 e. The molecule has 1 aromatic carbocycles. The second kappa shape index (κ2) is 8.09. The number of hydrogen-bond donors (Lipinski definition) is 3. The molecule has 8 nitrogen and oxygen atoms in total. The molecule has 0 bridgehead atoms. The quantitative estimate of drug-likeness (QED) is 0.723. The van der Waals surface area contributed by atoms with Gasteiger partial charge in [0.15, 0.2) is 0 Å². The summed E-state index contributed by atoms with van der Waals surface area (Å²) in [5, 5.41) is 15.3. The second-order valence-corrected chi connectivity index (χ2v) is 6.56. The molecule has 0 aliphatic heterocycles. The van der Waals surface area contributed by atoms with Crippen molar-refractivity contribution in [3.05, 3.63) is 30.2 Å². The van der Waals surface area contributed by atoms with Crippen LogP contribution in [0.5, 0.6) is 0 Å². The predicted octanol–water partition coefficient (Wildman–Crippen LogP) is 2.52. The largest absolute Gasteiger partial charge is 0.481 e. The van der Waals surface area contributed by atoms with Gasteiger partial charge < -0.3 is 20.7 Å². The van der Waals surface area contributed by atoms with E-state index in [9.17, 15) is 9.59 Å². The van der Waals surface area contributed by atoms with Crippen LogP contribution in [0.3, 0.4) is 0 Å². The van der Waals surface area contributed by atoms with E-state index >= 15 is 0 Å². The molecule has 26 heavy (non-hydrogen) atoms. The van der Waals surface area contributed by atoms with Gasteiger partial charge in [0.25, 0.3) is 0 Å². The molecule has 8 heteroatoms. The third kappa shape index (κ3) is 4.45. The molecule has 1 aliphatic rings. The Bertz CT molecular complexity index is 766. The van der Waals surface area contributed by atoms with Crippen LogP contribution in [0.25, 0.3) is 11.4 Å². The number of carbonyl (C=O) groups is 2. The molecule has 1 saturated carbocycles. The molecule has 0 saturated heterocycles. The van der Waals surface area contributed by atoms with Gasteiger partial charge in [-0.25, -0.2) is 0 Å². The lowest BCUT2D eigenvalue weighted by molar-refractivity contribution is -0.138. The summed E-state index contributed by atoms with van der Waals surface area (Å²) >= 11 is 0. The number of carboxylic acid groups (broad SMARTS) is 1. The van der Waals surface area contributed by atoms with Crippen LogP contribution < -0.4 is 11.1 Å². The summed E-state index contributed by atoms with van der Waals surface area (Å²) in [6.45, 7) is 0. The summed E-state index contributed by atoms with van der Waals surface area (Å²) < 4.78 is 5.42. The van der Waals surface area contributed by atoms with E-state index in [1.165, 1.54) is 19.3 Å². The Morgan fingerprint density at radius 2 is 1.92 bits per heavy atom. The van der Waals surface area contributed by atoms with Gasteiger partial charge in [-0.05, 0) is 37.1 Å². The normalized spacial score (nSPS) is 16.2. The van der Waals surface area contributed by atoms with Crippen LogP contribution in [0, 0.1) is 0 Å². The molecule has 1 fully saturated rings. The third-order valence-electron chi connectivity index (χ3n) is 4.54. The first-order valence-corrected chi connectivity index (χ1v) is 8.75. The van der Waals surface area contributed by atoms with Gasteiger partial charge in [0.1, 0.15) is 0 Å². The van der Waals surface area contributed by atoms with Gasteiger partial charge in [0.05, 0.1) is 12.5 Å². The number of carboxylic acids is 1. The summed E-state index contributed by atoms with van der Waals surface area (Å²) in [4.78, 5) is 26.9. The average molecular weight is 358 g/mol. The minimum Gasteiger partial charge on any atom is -0.481 e. The Morgan fingerprint density at radius 1 is 1.23 bits per heavy atom. The molecule has 4 N–H and O–H groups in total. The number of hydrogen-bond acceptors (Lipinski definition) is 6. The predicted molar refractivity (Wildman–Crippen MR) is 94.4 cm³/mol. The number of nitrogens with zero attached hydrogens (tertiary/aromatic N) is 2. The zero-order valence-corrected chi connectivity index (χ0v) is 14.4. The first-order chi connectivity index (χ1) is 12.5. The molecule has 1 amide bonds. The topological polar surface area (TPSA) is 131 Å². The fourth-order valence-corrected chi connectivity index (χ4v) is 3.09. The molecule has 2 aromatic rings. The van der Waals surface area contributed by atoms with E-state index in [1.807, 2.05) is 0 Å². The van der Waals surface area contributed by atoms with Gasteiger partial charge in [0, 0.05) is 17.2 Å². The van der Waals surface area contributed by atoms with Crippen LogP contribution in [0.1, 0.15) is 50.3 Å². The molecular formula is C18H22N4O4. The van der Waals surface area contributed by atoms with Gasteiger partial charge in [-0.15, -0.1) is 0 Å². The van der Waals surface area contributed by atoms with Crippen molar-refractivity contribution in [2.45, 2.75) is 50.5 Å². The van der Waals surface area contributed by atoms with Crippen molar-refractivity contribution in [1.29, 1.82) is 0 Å². The number of benzene rings is 1. The van der Waals surface area contributed by atoms with Gasteiger partial charge in [-0.2, -0.15) is 4.98 Å². The van der Waals surface area contributed by atoms with E-state index in [0.29, 0.717) is 23.3 Å². The lowest BCUT2D eigenvalue weighted by Crippen LogP contribution is -2.37. The van der Waals surface area contributed by atoms with Crippen LogP contribution >= 0.6 is 0 Å². The summed E-state index contributed by atoms with van der Waals surface area (Å²) in [5.41, 5.74) is 6.84. The molecular weight excluding hydrogens is 336 g/mol. The number of nitrogens with two attached hydrogens (primary N) is 1. The van der Waals surface area contributed by atoms with Gasteiger partial charge in [-0.1, -0.05) is 24.4 Å². The van der Waals surface area contributed by atoms with Crippen molar-refractivity contribution < 1.29 is 19.2 Å². The lowest BCUT2D eigenvalue weighted by atomic mass is 9.89. The zero-order chi connectivity index (χ0) is 18.5. The monoisotopic (exact) mass is 358 g/mol. The van der Waals surface area contributed by atoms with E-state index in [2.05, 4.69) is 15.5 Å². The molecule has 1 aliphatic carbocycles. The van der Waals surface area contributed by atoms with Gasteiger partial charge in [0.2, 0.25) is 17.6 Å². The number of anilines is 1. The average Bonchev–Trinajstić information content (AvgIpc) is 3.12. The van der Waals surface area contributed by atoms with Crippen LogP contribution in [0.15, 0.2) is 28.8 Å². The van der Waals surface area contributed by atoms with E-state index < -0.39 is 24.3 Å². The van der Waals surface area contributed by atoms with Crippen molar-refractivity contribution in [1.82, 2.24) is 10.1 Å². The minimum absolute atomic E-state index is 0.347. The van der Waals surface area contributed by atoms with Crippen LogP contribution in [0.2, 0.25) is 0 Å². The Balaban J connectivity index is 1.63. The van der Waals surface area contributed by atoms with Crippen molar-refractivity contribution in [2.75, 3.05) is 5.32 Å². The summed E-state index contributed by atoms with van der Waals surface area (Å²) in [6.07, 6.45) is 5.41. The highest BCUT2D eigenvalue weighted by Crippen LogP contribution is 2.32. The van der Waals surface area contributed by atoms with E-state index in [-0.39, 0.29) is 0 Å². The zero-order valence-electron chi connectivity index (χ0n) is 14.4. The standard InChI is InChI=1S/C18H22N4O4/c19-14(10-15(23)24)17(25)20-13-8-6-11(7-9-13)16-21-18(26-22-16)12-4-2-1-3-5-12/h6-9,12,14H,1-5,10,19H2,(H,20,25)(H,23,24). The van der Waals surface area contributed by atoms with E-state index in [0.717, 1.165) is 18.4 Å². The van der Waals surface area contributed by atoms with Gasteiger partial charge in [-0.3, -0.25) is 9.59 Å². The fourth-order valence-electron chi connectivity index (χ4n) is 3.09. The number of carbonyl (C=O) groups excluding carboxylic acids is 1. The molecule has 138 valence electrons. The fraction of sp³-hybridized carbons (Fsp3) is 0.444. The Labute approximate surface area is 150 Å². The molecule has 0 radical (unpaired) electrons. The number of nitrogens with one attached hydrogen (secondary N) is 1. The van der Waals surface area contributed by atoms with Crippen molar-refractivity contribution >= 4 is 17.6 Å². The van der Waals surface area contributed by atoms with E-state index in [4.69, 9.17) is 15.4 Å². The number of amides is 1. The number of rotatable bonds is 6. The Kier molecular flexibility index (Phi) is 5.62. The van der Waals surface area contributed by atoms with Crippen LogP contribution in [-0.4, -0.2) is 33.2 Å². The van der Waals surface area contributed by atoms with Crippen LogP contribution in [-0.2, 0) is 9.59 Å². The highest BCUT2D eigenvalue weighted by Gasteiger charge is 2.22. The maximum absolute atomic E-state index is 11.8. The summed E-state index contributed by atoms with van der Waals surface area (Å²) in [7, 11) is 0. The lowest BCUT2D eigenvalue weighted by Gasteiger charge is -2.17. The molecule has 1 unspecified atom stereocenters. The minimum atomic E-state index is -1.12. The molecule has 0 spiro atoms. The second-order valence-electron chi connectivity index (χ2n) is 6.56. The first-order valence-electron chi connectivity index (χ1n) is 8.75. The number of aliphatic carboxylic acids is 1. The third-order valence-corrected chi connectivity index (χ3v) is 4.54. The van der Waals surface area contributed by atoms with Crippen LogP contribution in [0.4, 0.5) is 5.69 Å². The Hall–Kier alpha value is -2.74. The summed E-state index contributed by atoms with van der Waals surface area (Å²) in [5.74, 6) is -0.102. The number of aromatic nitrogens is 2. The highest BCUT2D eigenvalue weighted by molar-refractivity contribution is 5.96. The maximum atomic E-state index is 11.8. The van der Waals surface area contributed by atoms with E-state index in [1.54, 1.807) is 24.3 Å². The molecule has 1 atom stereocenters. The van der Waals surface area contributed by atoms with Crippen molar-refractivity contribution in [2.24, 2.45) is 5.73 Å². The molecule has 3 rings (SSSR count). The van der Waals surface area contributed by atoms with Crippen molar-refractivity contribution in [3.63, 3.8) is 0 Å². The van der Waals surface area contributed by atoms with Crippen molar-refractivity contribution in [3.8, 4) is 11.4 Å². The first kappa shape index (κ1) is 18.1. The molecule has 1 heterocycles. The van der Waals surface area contributed by atoms with Gasteiger partial charge >= 0.3 is 5.97 Å². The highest BCUT2D eigenvalue weighted by atomic mass is 16.5. The summed E-state index contributed by atoms with van der Waals surface area (Å²) in [6, 6.07) is 5.83. The molecule has 1 aromatic heterocycles. The maximum Gasteiger partial charge on any atom is 0.305 e. The SMILES string of the molecule is NC(CC(=O)O)C(=O)Nc1ccc(-c2noc(C3CCCCC3)n2)cc1. The Morgan fingerprint density at radius 3 is 2.58 bits per heavy atom.